The van der Waals surface area contributed by atoms with E-state index < -0.39 is 12.7 Å². The second-order valence-corrected chi connectivity index (χ2v) is 9.35. The summed E-state index contributed by atoms with van der Waals surface area (Å²) < 4.78 is 17.6. The monoisotopic (exact) mass is 378 g/mol. The van der Waals surface area contributed by atoms with Crippen molar-refractivity contribution in [2.45, 2.75) is 84.2 Å². The van der Waals surface area contributed by atoms with Gasteiger partial charge in [0.25, 0.3) is 0 Å². The first-order chi connectivity index (χ1) is 12.3. The second-order valence-electron chi connectivity index (χ2n) is 9.35. The topological polar surface area (TPSA) is 60.0 Å². The van der Waals surface area contributed by atoms with Gasteiger partial charge in [-0.2, -0.15) is 0 Å². The molecule has 2 saturated heterocycles. The van der Waals surface area contributed by atoms with E-state index in [0.717, 1.165) is 18.3 Å². The minimum absolute atomic E-state index is 0.236. The van der Waals surface area contributed by atoms with Crippen molar-refractivity contribution in [3.05, 3.63) is 24.3 Å². The Kier molecular flexibility index (Phi) is 6.37. The molecule has 1 N–H and O–H groups in total. The molecule has 2 aliphatic rings. The molecule has 0 atom stereocenters. The van der Waals surface area contributed by atoms with E-state index in [1.165, 1.54) is 0 Å². The van der Waals surface area contributed by atoms with Crippen molar-refractivity contribution in [2.24, 2.45) is 0 Å². The first-order valence-corrected chi connectivity index (χ1v) is 9.77. The Morgan fingerprint density at radius 2 is 1.70 bits per heavy atom. The van der Waals surface area contributed by atoms with Crippen LogP contribution in [0.2, 0.25) is 0 Å². The summed E-state index contributed by atoms with van der Waals surface area (Å²) in [5.74, 6) is 0. The third-order valence-corrected chi connectivity index (χ3v) is 5.39. The first-order valence-electron chi connectivity index (χ1n) is 9.77. The van der Waals surface area contributed by atoms with E-state index in [-0.39, 0.29) is 17.3 Å². The lowest BCUT2D eigenvalue weighted by atomic mass is 9.79. The fourth-order valence-electron chi connectivity index (χ4n) is 2.97. The number of allylic oxidation sites excluding steroid dienone is 2. The van der Waals surface area contributed by atoms with E-state index in [4.69, 9.17) is 14.0 Å². The van der Waals surface area contributed by atoms with E-state index in [1.54, 1.807) is 11.0 Å². The van der Waals surface area contributed by atoms with E-state index >= 15 is 0 Å². The van der Waals surface area contributed by atoms with Crippen LogP contribution in [0.3, 0.4) is 0 Å². The van der Waals surface area contributed by atoms with Crippen LogP contribution in [-0.4, -0.2) is 54.0 Å². The van der Waals surface area contributed by atoms with Crippen LogP contribution < -0.4 is 5.32 Å². The summed E-state index contributed by atoms with van der Waals surface area (Å²) in [6, 6.07) is 0.293. The summed E-state index contributed by atoms with van der Waals surface area (Å²) in [5, 5.41) is 3.44. The molecule has 0 unspecified atom stereocenters. The lowest BCUT2D eigenvalue weighted by Gasteiger charge is -2.33. The molecule has 0 aromatic rings. The molecule has 2 rings (SSSR count). The lowest BCUT2D eigenvalue weighted by Crippen LogP contribution is -2.45. The predicted molar refractivity (Wildman–Crippen MR) is 108 cm³/mol. The molecular weight excluding hydrogens is 343 g/mol. The number of amides is 1. The molecule has 2 fully saturated rings. The Morgan fingerprint density at radius 1 is 1.19 bits per heavy atom. The fourth-order valence-corrected chi connectivity index (χ4v) is 2.97. The molecule has 0 aromatic heterocycles. The van der Waals surface area contributed by atoms with E-state index in [2.05, 4.69) is 11.9 Å². The van der Waals surface area contributed by atoms with E-state index in [0.29, 0.717) is 19.1 Å². The standard InChI is InChI=1S/C20H35BN2O4/c1-9-15(21-26-19(5,6)20(7,8)27-21)14-22-16-10-12-23(13-11-16)17(24)25-18(2,3)4/h9,14,16,22H,1,10-13H2,2-8H3/b15-14+. The number of piperidine rings is 1. The summed E-state index contributed by atoms with van der Waals surface area (Å²) in [5.41, 5.74) is -0.337. The van der Waals surface area contributed by atoms with Gasteiger partial charge in [-0.15, -0.1) is 0 Å². The Labute approximate surface area is 164 Å². The van der Waals surface area contributed by atoms with Crippen LogP contribution in [0.1, 0.15) is 61.3 Å². The van der Waals surface area contributed by atoms with Crippen molar-refractivity contribution >= 4 is 13.2 Å². The Morgan fingerprint density at radius 3 is 2.15 bits per heavy atom. The van der Waals surface area contributed by atoms with Crippen LogP contribution in [0.15, 0.2) is 24.3 Å². The maximum atomic E-state index is 12.2. The highest BCUT2D eigenvalue weighted by Gasteiger charge is 2.52. The Bertz CT molecular complexity index is 571. The highest BCUT2D eigenvalue weighted by Crippen LogP contribution is 2.38. The van der Waals surface area contributed by atoms with Crippen LogP contribution in [-0.2, 0) is 14.0 Å². The van der Waals surface area contributed by atoms with Gasteiger partial charge in [0.2, 0.25) is 0 Å². The maximum Gasteiger partial charge on any atom is 0.496 e. The second kappa shape index (κ2) is 7.88. The van der Waals surface area contributed by atoms with Gasteiger partial charge in [0, 0.05) is 19.1 Å². The molecule has 152 valence electrons. The highest BCUT2D eigenvalue weighted by atomic mass is 16.7. The molecule has 2 aliphatic heterocycles. The Hall–Kier alpha value is -1.47. The minimum Gasteiger partial charge on any atom is -0.444 e. The normalized spacial score (nSPS) is 23.3. The van der Waals surface area contributed by atoms with Crippen LogP contribution in [0.4, 0.5) is 4.79 Å². The van der Waals surface area contributed by atoms with Gasteiger partial charge in [-0.05, 0) is 73.0 Å². The molecule has 0 saturated carbocycles. The average molecular weight is 378 g/mol. The summed E-state index contributed by atoms with van der Waals surface area (Å²) >= 11 is 0. The van der Waals surface area contributed by atoms with Crippen molar-refractivity contribution in [1.29, 1.82) is 0 Å². The van der Waals surface area contributed by atoms with Gasteiger partial charge >= 0.3 is 13.2 Å². The maximum absolute atomic E-state index is 12.2. The van der Waals surface area contributed by atoms with Crippen molar-refractivity contribution in [2.75, 3.05) is 13.1 Å². The smallest absolute Gasteiger partial charge is 0.444 e. The first kappa shape index (κ1) is 21.8. The molecule has 0 spiro atoms. The molecule has 0 aliphatic carbocycles. The van der Waals surface area contributed by atoms with Crippen molar-refractivity contribution in [1.82, 2.24) is 10.2 Å². The number of nitrogens with zero attached hydrogens (tertiary/aromatic N) is 1. The number of carbonyl (C=O) groups is 1. The zero-order valence-corrected chi connectivity index (χ0v) is 17.9. The molecule has 2 heterocycles. The summed E-state index contributed by atoms with van der Waals surface area (Å²) in [7, 11) is -0.429. The van der Waals surface area contributed by atoms with Crippen molar-refractivity contribution in [3.8, 4) is 0 Å². The van der Waals surface area contributed by atoms with Gasteiger partial charge in [0.1, 0.15) is 5.60 Å². The largest absolute Gasteiger partial charge is 0.496 e. The van der Waals surface area contributed by atoms with Crippen LogP contribution >= 0.6 is 0 Å². The SMILES string of the molecule is C=C/C(=C\NC1CCN(C(=O)OC(C)(C)C)CC1)B1OC(C)(C)C(C)(C)O1. The average Bonchev–Trinajstić information content (AvgIpc) is 2.74. The van der Waals surface area contributed by atoms with Crippen LogP contribution in [0, 0.1) is 0 Å². The fraction of sp³-hybridized carbons (Fsp3) is 0.750. The summed E-state index contributed by atoms with van der Waals surface area (Å²) in [6.45, 7) is 19.1. The number of hydrogen-bond donors (Lipinski definition) is 1. The predicted octanol–water partition coefficient (Wildman–Crippen LogP) is 3.68. The molecule has 27 heavy (non-hydrogen) atoms. The van der Waals surface area contributed by atoms with E-state index in [9.17, 15) is 4.79 Å². The molecule has 6 nitrogen and oxygen atoms in total. The van der Waals surface area contributed by atoms with Gasteiger partial charge in [0.05, 0.1) is 11.2 Å². The quantitative estimate of drug-likeness (QED) is 0.597. The summed E-state index contributed by atoms with van der Waals surface area (Å²) in [6.07, 6.45) is 5.20. The van der Waals surface area contributed by atoms with E-state index in [1.807, 2.05) is 54.7 Å². The minimum atomic E-state index is -0.462. The van der Waals surface area contributed by atoms with Gasteiger partial charge in [0.15, 0.2) is 0 Å². The van der Waals surface area contributed by atoms with Crippen molar-refractivity contribution < 1.29 is 18.8 Å². The van der Waals surface area contributed by atoms with Crippen molar-refractivity contribution in [3.63, 3.8) is 0 Å². The molecule has 0 bridgehead atoms. The van der Waals surface area contributed by atoms with Crippen LogP contribution in [0.25, 0.3) is 0 Å². The van der Waals surface area contributed by atoms with Gasteiger partial charge in [-0.1, -0.05) is 12.7 Å². The lowest BCUT2D eigenvalue weighted by molar-refractivity contribution is 0.00578. The van der Waals surface area contributed by atoms with Gasteiger partial charge < -0.3 is 24.3 Å². The molecule has 0 radical (unpaired) electrons. The Balaban J connectivity index is 1.88. The highest BCUT2D eigenvalue weighted by molar-refractivity contribution is 6.55. The van der Waals surface area contributed by atoms with Gasteiger partial charge in [-0.25, -0.2) is 4.79 Å². The zero-order chi connectivity index (χ0) is 20.5. The molecule has 1 amide bonds. The number of hydrogen-bond acceptors (Lipinski definition) is 5. The number of carbonyl (C=O) groups excluding carboxylic acids is 1. The number of ether oxygens (including phenoxy) is 1. The number of likely N-dealkylation sites (tertiary alicyclic amines) is 1. The molecular formula is C20H35BN2O4. The summed E-state index contributed by atoms with van der Waals surface area (Å²) in [4.78, 5) is 13.9. The molecule has 7 heteroatoms. The zero-order valence-electron chi connectivity index (χ0n) is 17.9. The number of nitrogens with one attached hydrogen (secondary N) is 1. The number of rotatable bonds is 4. The van der Waals surface area contributed by atoms with Crippen LogP contribution in [0.5, 0.6) is 0 Å². The third-order valence-electron chi connectivity index (χ3n) is 5.39. The van der Waals surface area contributed by atoms with Gasteiger partial charge in [-0.3, -0.25) is 0 Å². The third kappa shape index (κ3) is 5.51. The molecule has 0 aromatic carbocycles.